The van der Waals surface area contributed by atoms with Gasteiger partial charge in [0.15, 0.2) is 37.2 Å². The summed E-state index contributed by atoms with van der Waals surface area (Å²) in [6.45, 7) is 3.15. The molecule has 2 amide bonds. The van der Waals surface area contributed by atoms with Gasteiger partial charge in [-0.15, -0.1) is 0 Å². The maximum absolute atomic E-state index is 14.6. The van der Waals surface area contributed by atoms with Gasteiger partial charge in [-0.05, 0) is 45.9 Å². The van der Waals surface area contributed by atoms with Crippen LogP contribution in [-0.4, -0.2) is 140 Å². The Bertz CT molecular complexity index is 3440. The predicted molar refractivity (Wildman–Crippen MR) is 337 cm³/mol. The van der Waals surface area contributed by atoms with Crippen molar-refractivity contribution in [3.05, 3.63) is 251 Å². The lowest BCUT2D eigenvalue weighted by atomic mass is 9.93. The summed E-state index contributed by atoms with van der Waals surface area (Å²) in [4.78, 5) is 56.8. The highest BCUT2D eigenvalue weighted by Crippen LogP contribution is 2.40. The fourth-order valence-electron chi connectivity index (χ4n) is 11.5. The molecule has 4 heterocycles. The van der Waals surface area contributed by atoms with Crippen LogP contribution in [0.5, 0.6) is 0 Å². The molecule has 3 N–H and O–H groups in total. The summed E-state index contributed by atoms with van der Waals surface area (Å²) >= 11 is 0. The fraction of sp³-hybridized carbons (Fsp3) is 0.370. The summed E-state index contributed by atoms with van der Waals surface area (Å²) in [6.07, 6.45) is -19.9. The van der Waals surface area contributed by atoms with Crippen LogP contribution in [0.4, 0.5) is 4.79 Å². The lowest BCUT2D eigenvalue weighted by molar-refractivity contribution is -0.348. The van der Waals surface area contributed by atoms with E-state index in [0.717, 1.165) is 22.3 Å². The van der Waals surface area contributed by atoms with Gasteiger partial charge in [-0.25, -0.2) is 14.4 Å². The second kappa shape index (κ2) is 33.7. The van der Waals surface area contributed by atoms with E-state index < -0.39 is 122 Å². The minimum atomic E-state index is -1.71. The first-order valence-electron chi connectivity index (χ1n) is 31.5. The molecule has 4 aliphatic rings. The summed E-state index contributed by atoms with van der Waals surface area (Å²) in [7, 11) is 0. The monoisotopic (exact) mass is 1290 g/mol. The lowest BCUT2D eigenvalue weighted by Gasteiger charge is -2.50. The van der Waals surface area contributed by atoms with Crippen molar-refractivity contribution in [3.8, 4) is 0 Å². The van der Waals surface area contributed by atoms with E-state index in [-0.39, 0.29) is 52.9 Å². The van der Waals surface area contributed by atoms with Gasteiger partial charge >= 0.3 is 18.0 Å². The van der Waals surface area contributed by atoms with Gasteiger partial charge in [-0.1, -0.05) is 212 Å². The fourth-order valence-corrected chi connectivity index (χ4v) is 11.5. The van der Waals surface area contributed by atoms with Gasteiger partial charge in [0.1, 0.15) is 62.0 Å². The molecule has 7 aromatic rings. The summed E-state index contributed by atoms with van der Waals surface area (Å²) < 4.78 is 90.7. The molecular formula is C73H78N2O19. The molecule has 494 valence electrons. The molecule has 21 nitrogen and oxygen atoms in total. The second-order valence-electron chi connectivity index (χ2n) is 23.2. The molecule has 4 saturated heterocycles. The molecule has 2 bridgehead atoms. The molecule has 4 aliphatic heterocycles. The predicted octanol–water partition coefficient (Wildman–Crippen LogP) is 8.36. The van der Waals surface area contributed by atoms with Crippen molar-refractivity contribution in [1.82, 2.24) is 10.6 Å². The average molecular weight is 1290 g/mol. The maximum Gasteiger partial charge on any atom is 0.407 e. The van der Waals surface area contributed by atoms with Crippen LogP contribution in [-0.2, 0) is 127 Å². The molecule has 0 aliphatic carbocycles. The smallest absolute Gasteiger partial charge is 0.407 e. The number of alkyl carbamates (subject to hydrolysis) is 1. The molecule has 0 radical (unpaired) electrons. The maximum atomic E-state index is 14.6. The normalized spacial score (nSPS) is 26.7. The minimum absolute atomic E-state index is 0.0308. The van der Waals surface area contributed by atoms with Crippen LogP contribution in [0, 0.1) is 0 Å². The molecule has 0 saturated carbocycles. The zero-order valence-corrected chi connectivity index (χ0v) is 52.1. The van der Waals surface area contributed by atoms with Crippen molar-refractivity contribution in [1.29, 1.82) is 0 Å². The van der Waals surface area contributed by atoms with Crippen molar-refractivity contribution >= 4 is 23.9 Å². The van der Waals surface area contributed by atoms with E-state index >= 15 is 0 Å². The minimum Gasteiger partial charge on any atom is -0.459 e. The molecule has 7 aromatic carbocycles. The molecular weight excluding hydrogens is 1210 g/mol. The number of hydrogen-bond donors (Lipinski definition) is 3. The molecule has 94 heavy (non-hydrogen) atoms. The summed E-state index contributed by atoms with van der Waals surface area (Å²) in [6, 6.07) is 62.5. The Balaban J connectivity index is 0.904. The number of rotatable bonds is 30. The van der Waals surface area contributed by atoms with E-state index in [9.17, 15) is 24.3 Å². The number of fused-ring (bicyclic) bond motifs is 2. The largest absolute Gasteiger partial charge is 0.459 e. The zero-order valence-electron chi connectivity index (χ0n) is 52.1. The molecule has 4 fully saturated rings. The van der Waals surface area contributed by atoms with Crippen LogP contribution >= 0.6 is 0 Å². The second-order valence-corrected chi connectivity index (χ2v) is 23.2. The Labute approximate surface area is 545 Å². The van der Waals surface area contributed by atoms with E-state index in [0.29, 0.717) is 23.3 Å². The van der Waals surface area contributed by atoms with Crippen molar-refractivity contribution in [2.45, 2.75) is 158 Å². The third-order valence-corrected chi connectivity index (χ3v) is 16.3. The molecule has 16 atom stereocenters. The first-order valence-corrected chi connectivity index (χ1v) is 31.5. The Hall–Kier alpha value is -8.26. The van der Waals surface area contributed by atoms with E-state index in [4.69, 9.17) is 66.3 Å². The number of benzene rings is 7. The van der Waals surface area contributed by atoms with Gasteiger partial charge in [0.05, 0.1) is 58.4 Å². The SMILES string of the molecule is CC(=O)N[C@H]1[C@@H](O[C@@H]2[C@@H]3OC(=O)[C@H]2O[C@H](OC[C@@H](COCc2ccccc2)OCc2ccccc2)[C@@H]3OCc2ccccc2)O[C@H](C)[C@H](NC(=O)OCc2ccccc2)[C@@H]1O[C@H]1O[C@H](C(=O)OCc2ccccc2)[C@H](OCc2ccccc2)[C@H](O)[C@H]1OCc1ccccc1. The average Bonchev–Trinajstić information content (AvgIpc) is 1.45. The number of ether oxygens (including phenoxy) is 14. The quantitative estimate of drug-likeness (QED) is 0.0283. The number of nitrogens with one attached hydrogen (secondary N) is 2. The van der Waals surface area contributed by atoms with Gasteiger partial charge in [0, 0.05) is 6.92 Å². The van der Waals surface area contributed by atoms with Gasteiger partial charge in [-0.3, -0.25) is 4.79 Å². The molecule has 0 spiro atoms. The Morgan fingerprint density at radius 1 is 0.457 bits per heavy atom. The van der Waals surface area contributed by atoms with Crippen molar-refractivity contribution in [2.75, 3.05) is 13.2 Å². The summed E-state index contributed by atoms with van der Waals surface area (Å²) in [5.41, 5.74) is 5.52. The van der Waals surface area contributed by atoms with Crippen LogP contribution in [0.2, 0.25) is 0 Å². The highest BCUT2D eigenvalue weighted by molar-refractivity contribution is 5.79. The molecule has 0 unspecified atom stereocenters. The third kappa shape index (κ3) is 18.4. The van der Waals surface area contributed by atoms with Crippen LogP contribution in [0.15, 0.2) is 212 Å². The topological polar surface area (TPSA) is 242 Å². The van der Waals surface area contributed by atoms with Crippen LogP contribution in [0.25, 0.3) is 0 Å². The number of carbonyl (C=O) groups excluding carboxylic acids is 4. The summed E-state index contributed by atoms with van der Waals surface area (Å²) in [5, 5.41) is 18.6. The Morgan fingerprint density at radius 2 is 0.915 bits per heavy atom. The van der Waals surface area contributed by atoms with Crippen molar-refractivity contribution in [2.24, 2.45) is 0 Å². The van der Waals surface area contributed by atoms with Crippen LogP contribution in [0.3, 0.4) is 0 Å². The van der Waals surface area contributed by atoms with Gasteiger partial charge in [0.25, 0.3) is 0 Å². The highest BCUT2D eigenvalue weighted by atomic mass is 16.8. The first-order chi connectivity index (χ1) is 46.0. The van der Waals surface area contributed by atoms with E-state index in [1.165, 1.54) is 6.92 Å². The third-order valence-electron chi connectivity index (χ3n) is 16.3. The van der Waals surface area contributed by atoms with Crippen LogP contribution in [0.1, 0.15) is 52.8 Å². The van der Waals surface area contributed by atoms with Crippen molar-refractivity contribution in [3.63, 3.8) is 0 Å². The van der Waals surface area contributed by atoms with Gasteiger partial charge < -0.3 is 82.1 Å². The number of hydrogen-bond acceptors (Lipinski definition) is 19. The highest BCUT2D eigenvalue weighted by Gasteiger charge is 2.62. The Morgan fingerprint density at radius 3 is 1.44 bits per heavy atom. The molecule has 11 rings (SSSR count). The first kappa shape index (κ1) is 67.2. The standard InChI is InChI=1S/C73H78N2O19/c1-47-57(75-73(80)88-44-55-36-22-9-23-37-55)60(91-72-62(84-41-52-30-16-6-17-31-52)59(77)61(83-40-51-28-14-5-15-29-51)65(94-72)68(78)86-43-54-34-20-8-21-35-54)58(74-48(2)76)70(89-47)92-63-64-67(85-42-53-32-18-7-19-33-53)71(93-66(63)69(79)90-64)87-46-56(82-39-50-26-12-4-13-27-50)45-81-38-49-24-10-3-11-25-49/h3-37,47,56-67,70-72,77H,38-46H2,1-2H3,(H,74,76)(H,75,80)/t47-,56-,57+,58-,59+,60+,61-,62-,63-,64+,65+,66+,67-,70-,71+,72+/m1/s1. The van der Waals surface area contributed by atoms with Gasteiger partial charge in [0.2, 0.25) is 5.91 Å². The van der Waals surface area contributed by atoms with E-state index in [1.54, 1.807) is 43.3 Å². The number of aliphatic hydroxyl groups excluding tert-OH is 1. The lowest BCUT2D eigenvalue weighted by Crippen LogP contribution is -2.71. The Kier molecular flexibility index (Phi) is 24.1. The summed E-state index contributed by atoms with van der Waals surface area (Å²) in [5.74, 6) is -2.28. The molecule has 0 aromatic heterocycles. The van der Waals surface area contributed by atoms with E-state index in [2.05, 4.69) is 10.6 Å². The van der Waals surface area contributed by atoms with Crippen LogP contribution < -0.4 is 10.6 Å². The van der Waals surface area contributed by atoms with E-state index in [1.807, 2.05) is 176 Å². The number of aliphatic hydroxyl groups is 1. The number of amides is 2. The molecule has 21 heteroatoms. The zero-order chi connectivity index (χ0) is 65.0. The number of carbonyl (C=O) groups is 4. The van der Waals surface area contributed by atoms with Crippen molar-refractivity contribution < 1.29 is 90.6 Å². The number of esters is 2. The van der Waals surface area contributed by atoms with Gasteiger partial charge in [-0.2, -0.15) is 0 Å².